The van der Waals surface area contributed by atoms with E-state index >= 15 is 0 Å². The van der Waals surface area contributed by atoms with Crippen molar-refractivity contribution in [1.82, 2.24) is 0 Å². The third-order valence-corrected chi connectivity index (χ3v) is 2.18. The van der Waals surface area contributed by atoms with E-state index in [-0.39, 0.29) is 12.4 Å². The molecule has 0 unspecified atom stereocenters. The molecule has 0 aliphatic heterocycles. The van der Waals surface area contributed by atoms with Crippen LogP contribution in [0.1, 0.15) is 17.5 Å². The molecule has 0 fully saturated rings. The predicted molar refractivity (Wildman–Crippen MR) is 59.1 cm³/mol. The SMILES string of the molecule is NC(=S)CCc1ccc(O)c(CO)c1. The molecular formula is C10H13NO2S. The van der Waals surface area contributed by atoms with Crippen molar-refractivity contribution >= 4 is 17.2 Å². The molecule has 1 aromatic carbocycles. The Labute approximate surface area is 88.2 Å². The van der Waals surface area contributed by atoms with Gasteiger partial charge in [-0.2, -0.15) is 0 Å². The number of nitrogens with two attached hydrogens (primary N) is 1. The van der Waals surface area contributed by atoms with Gasteiger partial charge in [-0.05, 0) is 24.1 Å². The van der Waals surface area contributed by atoms with Gasteiger partial charge in [-0.25, -0.2) is 0 Å². The minimum atomic E-state index is -0.160. The van der Waals surface area contributed by atoms with Crippen LogP contribution in [0.15, 0.2) is 18.2 Å². The average Bonchev–Trinajstić information content (AvgIpc) is 2.16. The van der Waals surface area contributed by atoms with Gasteiger partial charge in [-0.1, -0.05) is 18.3 Å². The summed E-state index contributed by atoms with van der Waals surface area (Å²) in [6.45, 7) is -0.160. The Morgan fingerprint density at radius 2 is 2.14 bits per heavy atom. The number of aromatic hydroxyl groups is 1. The van der Waals surface area contributed by atoms with E-state index in [1.807, 2.05) is 0 Å². The predicted octanol–water partition coefficient (Wildman–Crippen LogP) is 1.10. The smallest absolute Gasteiger partial charge is 0.121 e. The number of aliphatic hydroxyl groups excluding tert-OH is 1. The van der Waals surface area contributed by atoms with Crippen molar-refractivity contribution in [3.63, 3.8) is 0 Å². The van der Waals surface area contributed by atoms with Crippen molar-refractivity contribution in [2.24, 2.45) is 5.73 Å². The van der Waals surface area contributed by atoms with E-state index in [1.165, 1.54) is 0 Å². The standard InChI is InChI=1S/C10H13NO2S/c11-10(14)4-2-7-1-3-9(13)8(5-7)6-12/h1,3,5,12-13H,2,4,6H2,(H2,11,14). The third kappa shape index (κ3) is 2.97. The summed E-state index contributed by atoms with van der Waals surface area (Å²) in [6, 6.07) is 5.13. The van der Waals surface area contributed by atoms with Gasteiger partial charge in [0.05, 0.1) is 11.6 Å². The second-order valence-corrected chi connectivity index (χ2v) is 3.61. The molecule has 4 heteroatoms. The highest BCUT2D eigenvalue weighted by Gasteiger charge is 2.01. The average molecular weight is 211 g/mol. The van der Waals surface area contributed by atoms with Gasteiger partial charge >= 0.3 is 0 Å². The molecule has 0 heterocycles. The lowest BCUT2D eigenvalue weighted by Crippen LogP contribution is -2.08. The molecule has 0 amide bonds. The molecule has 4 N–H and O–H groups in total. The largest absolute Gasteiger partial charge is 0.508 e. The summed E-state index contributed by atoms with van der Waals surface area (Å²) in [4.78, 5) is 0.476. The highest BCUT2D eigenvalue weighted by Crippen LogP contribution is 2.19. The van der Waals surface area contributed by atoms with Gasteiger partial charge in [0.1, 0.15) is 5.75 Å². The fraction of sp³-hybridized carbons (Fsp3) is 0.300. The highest BCUT2D eigenvalue weighted by molar-refractivity contribution is 7.80. The number of aryl methyl sites for hydroxylation is 1. The van der Waals surface area contributed by atoms with Gasteiger partial charge < -0.3 is 15.9 Å². The zero-order valence-corrected chi connectivity index (χ0v) is 8.55. The first-order valence-corrected chi connectivity index (χ1v) is 4.74. The molecule has 0 aliphatic carbocycles. The Morgan fingerprint density at radius 1 is 1.43 bits per heavy atom. The molecular weight excluding hydrogens is 198 g/mol. The molecule has 3 nitrogen and oxygen atoms in total. The van der Waals surface area contributed by atoms with E-state index in [2.05, 4.69) is 0 Å². The van der Waals surface area contributed by atoms with Gasteiger partial charge in [-0.3, -0.25) is 0 Å². The lowest BCUT2D eigenvalue weighted by molar-refractivity contribution is 0.275. The third-order valence-electron chi connectivity index (χ3n) is 1.97. The van der Waals surface area contributed by atoms with E-state index < -0.39 is 0 Å². The Hall–Kier alpha value is -1.13. The fourth-order valence-electron chi connectivity index (χ4n) is 1.19. The van der Waals surface area contributed by atoms with Gasteiger partial charge in [0, 0.05) is 12.0 Å². The van der Waals surface area contributed by atoms with E-state index in [1.54, 1.807) is 18.2 Å². The van der Waals surface area contributed by atoms with Gasteiger partial charge in [0.2, 0.25) is 0 Å². The Kier molecular flexibility index (Phi) is 3.85. The minimum absolute atomic E-state index is 0.117. The lowest BCUT2D eigenvalue weighted by Gasteiger charge is -2.05. The van der Waals surface area contributed by atoms with Crippen LogP contribution in [0.4, 0.5) is 0 Å². The fourth-order valence-corrected chi connectivity index (χ4v) is 1.29. The number of aliphatic hydroxyl groups is 1. The topological polar surface area (TPSA) is 66.5 Å². The molecule has 14 heavy (non-hydrogen) atoms. The number of phenols is 1. The van der Waals surface area contributed by atoms with Crippen molar-refractivity contribution in [2.75, 3.05) is 0 Å². The maximum atomic E-state index is 9.30. The summed E-state index contributed by atoms with van der Waals surface area (Å²) in [5.41, 5.74) is 6.92. The Bertz CT molecular complexity index is 339. The van der Waals surface area contributed by atoms with E-state index in [4.69, 9.17) is 23.1 Å². The molecule has 0 aromatic heterocycles. The van der Waals surface area contributed by atoms with Crippen molar-refractivity contribution in [3.05, 3.63) is 29.3 Å². The molecule has 0 spiro atoms. The number of hydrogen-bond donors (Lipinski definition) is 3. The number of hydrogen-bond acceptors (Lipinski definition) is 3. The van der Waals surface area contributed by atoms with Gasteiger partial charge in [0.15, 0.2) is 0 Å². The van der Waals surface area contributed by atoms with Crippen molar-refractivity contribution in [1.29, 1.82) is 0 Å². The molecule has 76 valence electrons. The zero-order valence-electron chi connectivity index (χ0n) is 7.73. The van der Waals surface area contributed by atoms with Crippen molar-refractivity contribution < 1.29 is 10.2 Å². The summed E-state index contributed by atoms with van der Waals surface area (Å²) in [5, 5.41) is 18.2. The highest BCUT2D eigenvalue weighted by atomic mass is 32.1. The van der Waals surface area contributed by atoms with Crippen LogP contribution in [-0.4, -0.2) is 15.2 Å². The number of benzene rings is 1. The van der Waals surface area contributed by atoms with Crippen molar-refractivity contribution in [2.45, 2.75) is 19.4 Å². The zero-order chi connectivity index (χ0) is 10.6. The van der Waals surface area contributed by atoms with Crippen LogP contribution in [0, 0.1) is 0 Å². The second-order valence-electron chi connectivity index (χ2n) is 3.09. The van der Waals surface area contributed by atoms with Crippen LogP contribution >= 0.6 is 12.2 Å². The molecule has 0 radical (unpaired) electrons. The summed E-state index contributed by atoms with van der Waals surface area (Å²) in [5.74, 6) is 0.117. The van der Waals surface area contributed by atoms with E-state index in [9.17, 15) is 5.11 Å². The van der Waals surface area contributed by atoms with Crippen LogP contribution in [0.3, 0.4) is 0 Å². The van der Waals surface area contributed by atoms with Crippen molar-refractivity contribution in [3.8, 4) is 5.75 Å². The second kappa shape index (κ2) is 4.93. The van der Waals surface area contributed by atoms with Crippen LogP contribution in [0.5, 0.6) is 5.75 Å². The van der Waals surface area contributed by atoms with Crippen LogP contribution in [-0.2, 0) is 13.0 Å². The minimum Gasteiger partial charge on any atom is -0.508 e. The van der Waals surface area contributed by atoms with Gasteiger partial charge in [-0.15, -0.1) is 0 Å². The summed E-state index contributed by atoms with van der Waals surface area (Å²) in [7, 11) is 0. The van der Waals surface area contributed by atoms with Crippen LogP contribution in [0.2, 0.25) is 0 Å². The molecule has 1 rings (SSSR count). The van der Waals surface area contributed by atoms with E-state index in [0.29, 0.717) is 17.0 Å². The molecule has 0 bridgehead atoms. The van der Waals surface area contributed by atoms with Crippen LogP contribution < -0.4 is 5.73 Å². The van der Waals surface area contributed by atoms with Gasteiger partial charge in [0.25, 0.3) is 0 Å². The maximum absolute atomic E-state index is 9.30. The van der Waals surface area contributed by atoms with E-state index in [0.717, 1.165) is 12.0 Å². The summed E-state index contributed by atoms with van der Waals surface area (Å²) in [6.07, 6.45) is 1.38. The maximum Gasteiger partial charge on any atom is 0.121 e. The Balaban J connectivity index is 2.74. The monoisotopic (exact) mass is 211 g/mol. The normalized spacial score (nSPS) is 10.1. The molecule has 1 aromatic rings. The summed E-state index contributed by atoms with van der Waals surface area (Å²) >= 11 is 4.76. The molecule has 0 saturated heterocycles. The Morgan fingerprint density at radius 3 is 2.71 bits per heavy atom. The van der Waals surface area contributed by atoms with Crippen LogP contribution in [0.25, 0.3) is 0 Å². The number of thiocarbonyl (C=S) groups is 1. The lowest BCUT2D eigenvalue weighted by atomic mass is 10.1. The first-order chi connectivity index (χ1) is 6.63. The molecule has 0 atom stereocenters. The first-order valence-electron chi connectivity index (χ1n) is 4.33. The summed E-state index contributed by atoms with van der Waals surface area (Å²) < 4.78 is 0. The molecule has 0 aliphatic rings. The first kappa shape index (κ1) is 10.9. The number of rotatable bonds is 4. The quantitative estimate of drug-likeness (QED) is 0.652. The molecule has 0 saturated carbocycles.